The highest BCUT2D eigenvalue weighted by atomic mass is 35.5. The number of ether oxygens (including phenoxy) is 1. The number of carbonyl (C=O) groups is 1. The third-order valence-corrected chi connectivity index (χ3v) is 11.6. The van der Waals surface area contributed by atoms with Gasteiger partial charge >= 0.3 is 0 Å². The van der Waals surface area contributed by atoms with E-state index >= 15 is 0 Å². The maximum absolute atomic E-state index is 14.9. The molecule has 2 N–H and O–H groups in total. The Kier molecular flexibility index (Phi) is 12.2. The number of imidazole rings is 1. The predicted octanol–water partition coefficient (Wildman–Crippen LogP) is 11.4. The van der Waals surface area contributed by atoms with Gasteiger partial charge in [0.05, 0.1) is 41.7 Å². The van der Waals surface area contributed by atoms with Crippen LogP contribution in [0.15, 0.2) is 91.3 Å². The van der Waals surface area contributed by atoms with Gasteiger partial charge in [-0.2, -0.15) is 0 Å². The van der Waals surface area contributed by atoms with Crippen LogP contribution >= 0.6 is 34.8 Å². The Balaban J connectivity index is 1.34. The molecular weight excluding hydrogens is 751 g/mol. The second-order valence-corrected chi connectivity index (χ2v) is 15.5. The quantitative estimate of drug-likeness (QED) is 0.122. The van der Waals surface area contributed by atoms with Crippen molar-refractivity contribution in [2.45, 2.75) is 58.7 Å². The zero-order valence-corrected chi connectivity index (χ0v) is 34.0. The lowest BCUT2D eigenvalue weighted by molar-refractivity contribution is 0.102. The number of anilines is 2. The summed E-state index contributed by atoms with van der Waals surface area (Å²) >= 11 is 19.7. The third-order valence-electron chi connectivity index (χ3n) is 10.8. The molecule has 4 aromatic carbocycles. The Bertz CT molecular complexity index is 2280. The molecule has 1 fully saturated rings. The zero-order valence-electron chi connectivity index (χ0n) is 31.7. The fraction of sp³-hybridized carbons (Fsp3) is 0.318. The first-order valence-corrected chi connectivity index (χ1v) is 20.1. The Hall–Kier alpha value is -4.31. The maximum atomic E-state index is 14.9. The van der Waals surface area contributed by atoms with Gasteiger partial charge in [0, 0.05) is 76.4 Å². The van der Waals surface area contributed by atoms with E-state index in [2.05, 4.69) is 57.6 Å². The number of piperazine rings is 1. The van der Waals surface area contributed by atoms with Crippen molar-refractivity contribution in [2.75, 3.05) is 43.5 Å². The van der Waals surface area contributed by atoms with E-state index in [0.717, 1.165) is 83.0 Å². The predicted molar refractivity (Wildman–Crippen MR) is 228 cm³/mol. The Labute approximate surface area is 338 Å². The van der Waals surface area contributed by atoms with Gasteiger partial charge in [-0.15, -0.1) is 0 Å². The van der Waals surface area contributed by atoms with Crippen molar-refractivity contribution in [2.24, 2.45) is 0 Å². The van der Waals surface area contributed by atoms with E-state index in [4.69, 9.17) is 44.5 Å². The Morgan fingerprint density at radius 3 is 2.38 bits per heavy atom. The lowest BCUT2D eigenvalue weighted by atomic mass is 9.99. The van der Waals surface area contributed by atoms with Crippen molar-refractivity contribution in [3.05, 3.63) is 123 Å². The molecule has 0 spiro atoms. The summed E-state index contributed by atoms with van der Waals surface area (Å²) in [6, 6.07) is 27.7. The third kappa shape index (κ3) is 8.16. The van der Waals surface area contributed by atoms with Crippen LogP contribution in [0.2, 0.25) is 15.1 Å². The highest BCUT2D eigenvalue weighted by molar-refractivity contribution is 6.35. The first kappa shape index (κ1) is 38.9. The average molecular weight is 798 g/mol. The summed E-state index contributed by atoms with van der Waals surface area (Å²) in [5.41, 5.74) is 7.81. The minimum Gasteiger partial charge on any atom is -0.380 e. The van der Waals surface area contributed by atoms with E-state index in [1.165, 1.54) is 12.8 Å². The number of nitrogens with one attached hydrogen (secondary N) is 2. The van der Waals surface area contributed by atoms with Gasteiger partial charge in [-0.1, -0.05) is 104 Å². The number of H-pyrrole nitrogens is 1. The van der Waals surface area contributed by atoms with Crippen LogP contribution < -0.4 is 10.2 Å². The van der Waals surface area contributed by atoms with Crippen molar-refractivity contribution in [3.8, 4) is 22.5 Å². The molecule has 11 heteroatoms. The molecule has 3 heterocycles. The number of aromatic nitrogens is 3. The molecule has 6 aromatic rings. The molecule has 0 aliphatic carbocycles. The number of methoxy groups -OCH3 is 1. The number of fused-ring (bicyclic) bond motifs is 1. The van der Waals surface area contributed by atoms with Gasteiger partial charge in [0.15, 0.2) is 0 Å². The lowest BCUT2D eigenvalue weighted by Gasteiger charge is -2.40. The highest BCUT2D eigenvalue weighted by Crippen LogP contribution is 2.43. The van der Waals surface area contributed by atoms with Crippen LogP contribution in [0.25, 0.3) is 33.4 Å². The second kappa shape index (κ2) is 17.2. The standard InChI is InChI=1S/C44H47Cl3N6O2/c1-5-10-33(6-2)51-19-21-52(22-20-51)39-18-13-29(26-55-4)23-38(39)50-44(54)42-40(35-17-15-32(46)25-37(35)49-42)43-41(30-11-8-7-9-12-30)48-27-53(43)28(3)34-16-14-31(45)24-36(34)47/h7-9,11-18,23-25,27-28,33,49H,5-6,10,19-22,26H2,1-4H3,(H,50,54). The number of carbonyl (C=O) groups excluding carboxylic acids is 1. The molecular formula is C44H47Cl3N6O2. The van der Waals surface area contributed by atoms with Crippen molar-refractivity contribution in [1.82, 2.24) is 19.4 Å². The molecule has 2 aromatic heterocycles. The molecule has 1 aliphatic heterocycles. The zero-order chi connectivity index (χ0) is 38.6. The van der Waals surface area contributed by atoms with E-state index in [1.54, 1.807) is 13.2 Å². The number of halogens is 3. The van der Waals surface area contributed by atoms with Gasteiger partial charge in [-0.05, 0) is 67.3 Å². The van der Waals surface area contributed by atoms with E-state index in [-0.39, 0.29) is 11.9 Å². The molecule has 1 amide bonds. The SMILES string of the molecule is CCCC(CC)N1CCN(c2ccc(COC)cc2NC(=O)c2[nH]c3cc(Cl)ccc3c2-c2c(-c3ccccc3)ncn2C(C)c2ccc(Cl)cc2Cl)CC1. The van der Waals surface area contributed by atoms with Crippen LogP contribution in [-0.4, -0.2) is 64.7 Å². The van der Waals surface area contributed by atoms with Gasteiger partial charge < -0.3 is 24.5 Å². The Morgan fingerprint density at radius 1 is 0.927 bits per heavy atom. The van der Waals surface area contributed by atoms with Gasteiger partial charge in [-0.25, -0.2) is 4.98 Å². The molecule has 0 saturated carbocycles. The summed E-state index contributed by atoms with van der Waals surface area (Å²) in [6.45, 7) is 10.7. The summed E-state index contributed by atoms with van der Waals surface area (Å²) < 4.78 is 7.60. The molecule has 55 heavy (non-hydrogen) atoms. The largest absolute Gasteiger partial charge is 0.380 e. The first-order valence-electron chi connectivity index (χ1n) is 19.0. The number of nitrogens with zero attached hydrogens (tertiary/aromatic N) is 4. The number of rotatable bonds is 13. The maximum Gasteiger partial charge on any atom is 0.272 e. The van der Waals surface area contributed by atoms with E-state index in [1.807, 2.05) is 73.1 Å². The molecule has 1 saturated heterocycles. The second-order valence-electron chi connectivity index (χ2n) is 14.2. The van der Waals surface area contributed by atoms with Crippen LogP contribution in [-0.2, 0) is 11.3 Å². The summed E-state index contributed by atoms with van der Waals surface area (Å²) in [4.78, 5) is 28.4. The van der Waals surface area contributed by atoms with Crippen LogP contribution in [0.4, 0.5) is 11.4 Å². The van der Waals surface area contributed by atoms with Crippen molar-refractivity contribution in [3.63, 3.8) is 0 Å². The van der Waals surface area contributed by atoms with Gasteiger partial charge in [0.25, 0.3) is 5.91 Å². The summed E-state index contributed by atoms with van der Waals surface area (Å²) in [5.74, 6) is -0.283. The molecule has 8 nitrogen and oxygen atoms in total. The molecule has 2 atom stereocenters. The van der Waals surface area contributed by atoms with Gasteiger partial charge in [0.1, 0.15) is 5.69 Å². The number of aromatic amines is 1. The first-order chi connectivity index (χ1) is 26.7. The molecule has 0 bridgehead atoms. The molecule has 286 valence electrons. The molecule has 0 radical (unpaired) electrons. The van der Waals surface area contributed by atoms with Crippen LogP contribution in [0.3, 0.4) is 0 Å². The minimum absolute atomic E-state index is 0.265. The summed E-state index contributed by atoms with van der Waals surface area (Å²) in [6.07, 6.45) is 5.35. The summed E-state index contributed by atoms with van der Waals surface area (Å²) in [7, 11) is 1.68. The van der Waals surface area contributed by atoms with Crippen LogP contribution in [0.1, 0.15) is 67.7 Å². The topological polar surface area (TPSA) is 78.4 Å². The Morgan fingerprint density at radius 2 is 1.67 bits per heavy atom. The van der Waals surface area contributed by atoms with Crippen LogP contribution in [0, 0.1) is 0 Å². The minimum atomic E-state index is -0.283. The fourth-order valence-corrected chi connectivity index (χ4v) is 8.73. The van der Waals surface area contributed by atoms with E-state index in [9.17, 15) is 4.79 Å². The number of hydrogen-bond acceptors (Lipinski definition) is 5. The van der Waals surface area contributed by atoms with Gasteiger partial charge in [0.2, 0.25) is 0 Å². The normalized spacial score (nSPS) is 14.7. The molecule has 7 rings (SSSR count). The number of amides is 1. The van der Waals surface area contributed by atoms with Crippen molar-refractivity contribution < 1.29 is 9.53 Å². The van der Waals surface area contributed by atoms with E-state index < -0.39 is 0 Å². The van der Waals surface area contributed by atoms with E-state index in [0.29, 0.717) is 39.0 Å². The van der Waals surface area contributed by atoms with Crippen LogP contribution in [0.5, 0.6) is 0 Å². The highest BCUT2D eigenvalue weighted by Gasteiger charge is 2.30. The number of benzene rings is 4. The lowest BCUT2D eigenvalue weighted by Crippen LogP contribution is -2.50. The van der Waals surface area contributed by atoms with Gasteiger partial charge in [-0.3, -0.25) is 9.69 Å². The molecule has 2 unspecified atom stereocenters. The average Bonchev–Trinajstić information content (AvgIpc) is 3.79. The van der Waals surface area contributed by atoms with Crippen molar-refractivity contribution >= 4 is 63.0 Å². The summed E-state index contributed by atoms with van der Waals surface area (Å²) in [5, 5.41) is 5.84. The van der Waals surface area contributed by atoms with Crippen molar-refractivity contribution in [1.29, 1.82) is 0 Å². The fourth-order valence-electron chi connectivity index (χ4n) is 7.99. The monoisotopic (exact) mass is 796 g/mol. The smallest absolute Gasteiger partial charge is 0.272 e. The molecule has 1 aliphatic rings. The number of hydrogen-bond donors (Lipinski definition) is 2.